The van der Waals surface area contributed by atoms with Crippen molar-refractivity contribution in [1.29, 1.82) is 0 Å². The van der Waals surface area contributed by atoms with Crippen LogP contribution >= 0.6 is 0 Å². The fourth-order valence-corrected chi connectivity index (χ4v) is 2.80. The number of aryl methyl sites for hydroxylation is 1. The SMILES string of the molecule is Cc1nn(C(C)C)c(C)c1NC1CCC(O)CC1. The Morgan fingerprint density at radius 2 is 1.83 bits per heavy atom. The predicted molar refractivity (Wildman–Crippen MR) is 74.0 cm³/mol. The van der Waals surface area contributed by atoms with Crippen molar-refractivity contribution in [3.8, 4) is 0 Å². The first-order valence-corrected chi connectivity index (χ1v) is 6.99. The summed E-state index contributed by atoms with van der Waals surface area (Å²) in [6.07, 6.45) is 3.82. The van der Waals surface area contributed by atoms with Crippen LogP contribution in [0.2, 0.25) is 0 Å². The Kier molecular flexibility index (Phi) is 3.95. The fourth-order valence-electron chi connectivity index (χ4n) is 2.80. The first-order valence-electron chi connectivity index (χ1n) is 6.99. The van der Waals surface area contributed by atoms with E-state index >= 15 is 0 Å². The smallest absolute Gasteiger partial charge is 0.0828 e. The molecule has 1 aromatic heterocycles. The van der Waals surface area contributed by atoms with Crippen molar-refractivity contribution in [1.82, 2.24) is 9.78 Å². The van der Waals surface area contributed by atoms with Crippen molar-refractivity contribution < 1.29 is 5.11 Å². The lowest BCUT2D eigenvalue weighted by Gasteiger charge is -2.27. The van der Waals surface area contributed by atoms with Gasteiger partial charge in [0, 0.05) is 12.1 Å². The molecule has 0 atom stereocenters. The predicted octanol–water partition coefficient (Wildman–Crippen LogP) is 2.80. The largest absolute Gasteiger partial charge is 0.393 e. The molecule has 0 unspecified atom stereocenters. The van der Waals surface area contributed by atoms with Crippen molar-refractivity contribution in [3.05, 3.63) is 11.4 Å². The van der Waals surface area contributed by atoms with Crippen molar-refractivity contribution in [2.45, 2.75) is 71.6 Å². The number of aliphatic hydroxyl groups is 1. The second kappa shape index (κ2) is 5.31. The average Bonchev–Trinajstić information content (AvgIpc) is 2.60. The van der Waals surface area contributed by atoms with Crippen LogP contribution in [0.3, 0.4) is 0 Å². The summed E-state index contributed by atoms with van der Waals surface area (Å²) in [5.41, 5.74) is 3.48. The van der Waals surface area contributed by atoms with Crippen LogP contribution < -0.4 is 5.32 Å². The number of nitrogens with one attached hydrogen (secondary N) is 1. The van der Waals surface area contributed by atoms with Crippen LogP contribution in [0.25, 0.3) is 0 Å². The first-order chi connectivity index (χ1) is 8.49. The van der Waals surface area contributed by atoms with Gasteiger partial charge in [-0.1, -0.05) is 0 Å². The molecule has 2 rings (SSSR count). The minimum Gasteiger partial charge on any atom is -0.393 e. The van der Waals surface area contributed by atoms with E-state index in [0.717, 1.165) is 31.4 Å². The van der Waals surface area contributed by atoms with E-state index in [1.165, 1.54) is 11.4 Å². The monoisotopic (exact) mass is 251 g/mol. The molecule has 0 aliphatic heterocycles. The van der Waals surface area contributed by atoms with Crippen LogP contribution in [0.1, 0.15) is 57.0 Å². The number of nitrogens with zero attached hydrogens (tertiary/aromatic N) is 2. The Balaban J connectivity index is 2.09. The topological polar surface area (TPSA) is 50.1 Å². The summed E-state index contributed by atoms with van der Waals surface area (Å²) in [4.78, 5) is 0. The molecule has 0 aromatic carbocycles. The molecule has 0 bridgehead atoms. The minimum atomic E-state index is -0.0939. The molecule has 1 saturated carbocycles. The number of hydrogen-bond donors (Lipinski definition) is 2. The molecular formula is C14H25N3O. The van der Waals surface area contributed by atoms with E-state index < -0.39 is 0 Å². The summed E-state index contributed by atoms with van der Waals surface area (Å²) in [5, 5.41) is 17.7. The highest BCUT2D eigenvalue weighted by atomic mass is 16.3. The van der Waals surface area contributed by atoms with Gasteiger partial charge in [-0.15, -0.1) is 0 Å². The Morgan fingerprint density at radius 1 is 1.22 bits per heavy atom. The van der Waals surface area contributed by atoms with Crippen LogP contribution in [-0.4, -0.2) is 27.0 Å². The molecule has 2 N–H and O–H groups in total. The summed E-state index contributed by atoms with van der Waals surface area (Å²) in [6.45, 7) is 8.49. The van der Waals surface area contributed by atoms with Gasteiger partial charge in [0.05, 0.1) is 23.2 Å². The van der Waals surface area contributed by atoms with Gasteiger partial charge in [-0.25, -0.2) is 0 Å². The quantitative estimate of drug-likeness (QED) is 0.868. The normalized spacial score (nSPS) is 24.6. The van der Waals surface area contributed by atoms with Crippen LogP contribution in [0.15, 0.2) is 0 Å². The number of rotatable bonds is 3. The minimum absolute atomic E-state index is 0.0939. The zero-order chi connectivity index (χ0) is 13.3. The van der Waals surface area contributed by atoms with E-state index in [1.807, 2.05) is 0 Å². The van der Waals surface area contributed by atoms with Crippen LogP contribution in [-0.2, 0) is 0 Å². The summed E-state index contributed by atoms with van der Waals surface area (Å²) < 4.78 is 2.08. The van der Waals surface area contributed by atoms with Crippen molar-refractivity contribution in [2.24, 2.45) is 0 Å². The maximum Gasteiger partial charge on any atom is 0.0828 e. The van der Waals surface area contributed by atoms with E-state index in [0.29, 0.717) is 12.1 Å². The van der Waals surface area contributed by atoms with Gasteiger partial charge in [-0.2, -0.15) is 5.10 Å². The standard InChI is InChI=1S/C14H25N3O/c1-9(2)17-11(4)14(10(3)16-17)15-12-5-7-13(18)8-6-12/h9,12-13,15,18H,5-8H2,1-4H3. The fraction of sp³-hybridized carbons (Fsp3) is 0.786. The number of anilines is 1. The highest BCUT2D eigenvalue weighted by Gasteiger charge is 2.22. The summed E-state index contributed by atoms with van der Waals surface area (Å²) in [5.74, 6) is 0. The van der Waals surface area contributed by atoms with E-state index in [-0.39, 0.29) is 6.10 Å². The molecule has 0 spiro atoms. The highest BCUT2D eigenvalue weighted by molar-refractivity contribution is 5.53. The highest BCUT2D eigenvalue weighted by Crippen LogP contribution is 2.27. The molecule has 1 aliphatic rings. The Bertz CT molecular complexity index is 403. The number of hydrogen-bond acceptors (Lipinski definition) is 3. The van der Waals surface area contributed by atoms with Crippen LogP contribution in [0.4, 0.5) is 5.69 Å². The van der Waals surface area contributed by atoms with Gasteiger partial charge in [-0.3, -0.25) is 4.68 Å². The molecule has 1 aromatic rings. The zero-order valence-electron chi connectivity index (χ0n) is 11.9. The second-order valence-corrected chi connectivity index (χ2v) is 5.73. The molecule has 1 fully saturated rings. The molecule has 4 heteroatoms. The molecule has 0 amide bonds. The molecule has 1 heterocycles. The molecule has 0 radical (unpaired) electrons. The lowest BCUT2D eigenvalue weighted by Crippen LogP contribution is -2.28. The average molecular weight is 251 g/mol. The van der Waals surface area contributed by atoms with Crippen molar-refractivity contribution in [2.75, 3.05) is 5.32 Å². The van der Waals surface area contributed by atoms with Gasteiger partial charge in [0.2, 0.25) is 0 Å². The van der Waals surface area contributed by atoms with Gasteiger partial charge in [0.1, 0.15) is 0 Å². The molecule has 18 heavy (non-hydrogen) atoms. The third-order valence-electron chi connectivity index (χ3n) is 3.86. The summed E-state index contributed by atoms with van der Waals surface area (Å²) >= 11 is 0. The second-order valence-electron chi connectivity index (χ2n) is 5.73. The van der Waals surface area contributed by atoms with E-state index in [2.05, 4.69) is 42.8 Å². The number of aliphatic hydroxyl groups excluding tert-OH is 1. The molecule has 4 nitrogen and oxygen atoms in total. The Morgan fingerprint density at radius 3 is 2.33 bits per heavy atom. The lowest BCUT2D eigenvalue weighted by molar-refractivity contribution is 0.126. The van der Waals surface area contributed by atoms with Gasteiger partial charge in [0.15, 0.2) is 0 Å². The van der Waals surface area contributed by atoms with E-state index in [4.69, 9.17) is 0 Å². The molecule has 102 valence electrons. The first kappa shape index (κ1) is 13.4. The summed E-state index contributed by atoms with van der Waals surface area (Å²) in [6, 6.07) is 0.878. The Labute approximate surface area is 109 Å². The summed E-state index contributed by atoms with van der Waals surface area (Å²) in [7, 11) is 0. The maximum absolute atomic E-state index is 9.53. The molecular weight excluding hydrogens is 226 g/mol. The zero-order valence-corrected chi connectivity index (χ0v) is 11.9. The lowest BCUT2D eigenvalue weighted by atomic mass is 9.93. The van der Waals surface area contributed by atoms with E-state index in [9.17, 15) is 5.11 Å². The maximum atomic E-state index is 9.53. The van der Waals surface area contributed by atoms with Gasteiger partial charge in [0.25, 0.3) is 0 Å². The van der Waals surface area contributed by atoms with Crippen LogP contribution in [0.5, 0.6) is 0 Å². The third kappa shape index (κ3) is 2.69. The van der Waals surface area contributed by atoms with Crippen LogP contribution in [0, 0.1) is 13.8 Å². The van der Waals surface area contributed by atoms with Gasteiger partial charge in [-0.05, 0) is 53.4 Å². The van der Waals surface area contributed by atoms with Gasteiger partial charge < -0.3 is 10.4 Å². The van der Waals surface area contributed by atoms with Gasteiger partial charge >= 0.3 is 0 Å². The van der Waals surface area contributed by atoms with E-state index in [1.54, 1.807) is 0 Å². The van der Waals surface area contributed by atoms with Crippen molar-refractivity contribution in [3.63, 3.8) is 0 Å². The molecule has 1 aliphatic carbocycles. The number of aromatic nitrogens is 2. The Hall–Kier alpha value is -1.03. The van der Waals surface area contributed by atoms with Crippen molar-refractivity contribution >= 4 is 5.69 Å². The molecule has 0 saturated heterocycles. The third-order valence-corrected chi connectivity index (χ3v) is 3.86.